The Kier molecular flexibility index (Phi) is 1.15. The van der Waals surface area contributed by atoms with Gasteiger partial charge in [-0.25, -0.2) is 0 Å². The van der Waals surface area contributed by atoms with Crippen molar-refractivity contribution >= 4 is 0 Å². The highest BCUT2D eigenvalue weighted by atomic mass is 16.5. The lowest BCUT2D eigenvalue weighted by molar-refractivity contribution is -0.0325. The van der Waals surface area contributed by atoms with Gasteiger partial charge in [0.15, 0.2) is 0 Å². The molecular weight excluding hydrogens is 138 g/mol. The maximum absolute atomic E-state index is 8.84. The molecule has 0 spiro atoms. The molecule has 2 aliphatic rings. The highest BCUT2D eigenvalue weighted by Crippen LogP contribution is 2.53. The molecule has 2 saturated heterocycles. The smallest absolute Gasteiger partial charge is 0.0821 e. The fourth-order valence-electron chi connectivity index (χ4n) is 2.40. The van der Waals surface area contributed by atoms with E-state index in [9.17, 15) is 0 Å². The summed E-state index contributed by atoms with van der Waals surface area (Å²) in [6.07, 6.45) is 3.11. The predicted octanol–water partition coefficient (Wildman–Crippen LogP) is 1.86. The van der Waals surface area contributed by atoms with Crippen LogP contribution in [0.4, 0.5) is 0 Å². The lowest BCUT2D eigenvalue weighted by Crippen LogP contribution is -2.28. The van der Waals surface area contributed by atoms with E-state index in [2.05, 4.69) is 19.9 Å². The minimum Gasteiger partial charge on any atom is -0.368 e. The van der Waals surface area contributed by atoms with Crippen LogP contribution in [0, 0.1) is 17.2 Å². The topological polar surface area (TPSA) is 33.0 Å². The molecule has 0 aromatic carbocycles. The number of rotatable bonds is 0. The van der Waals surface area contributed by atoms with Crippen LogP contribution in [0.1, 0.15) is 33.1 Å². The second-order valence-corrected chi connectivity index (χ2v) is 4.25. The Morgan fingerprint density at radius 3 is 2.45 bits per heavy atom. The number of hydrogen-bond donors (Lipinski definition) is 0. The molecule has 0 aliphatic carbocycles. The average molecular weight is 151 g/mol. The van der Waals surface area contributed by atoms with Crippen molar-refractivity contribution in [3.05, 3.63) is 0 Å². The standard InChI is InChI=1S/C9H13NO/c1-8-3-4-9(2,11-8)7(5-8)6-10/h7H,3-5H2,1-2H3/t7-,8+,9-/m0/s1. The van der Waals surface area contributed by atoms with E-state index in [4.69, 9.17) is 10.00 Å². The molecule has 60 valence electrons. The number of hydrogen-bond acceptors (Lipinski definition) is 2. The van der Waals surface area contributed by atoms with Crippen LogP contribution in [0.2, 0.25) is 0 Å². The van der Waals surface area contributed by atoms with Crippen molar-refractivity contribution in [1.82, 2.24) is 0 Å². The molecule has 0 amide bonds. The molecule has 2 rings (SSSR count). The molecule has 0 aromatic heterocycles. The largest absolute Gasteiger partial charge is 0.368 e. The maximum atomic E-state index is 8.84. The summed E-state index contributed by atoms with van der Waals surface area (Å²) >= 11 is 0. The molecule has 0 N–H and O–H groups in total. The highest BCUT2D eigenvalue weighted by molar-refractivity contribution is 5.12. The molecule has 0 aromatic rings. The van der Waals surface area contributed by atoms with Crippen LogP contribution in [0.3, 0.4) is 0 Å². The van der Waals surface area contributed by atoms with Crippen molar-refractivity contribution in [2.75, 3.05) is 0 Å². The lowest BCUT2D eigenvalue weighted by atomic mass is 9.76. The summed E-state index contributed by atoms with van der Waals surface area (Å²) in [5.74, 6) is 0.126. The van der Waals surface area contributed by atoms with Crippen LogP contribution in [0.5, 0.6) is 0 Å². The van der Waals surface area contributed by atoms with Gasteiger partial charge in [-0.2, -0.15) is 5.26 Å². The third kappa shape index (κ3) is 0.810. The van der Waals surface area contributed by atoms with Crippen molar-refractivity contribution in [3.8, 4) is 6.07 Å². The molecule has 2 heterocycles. The molecular formula is C9H13NO. The molecule has 2 aliphatic heterocycles. The third-order valence-corrected chi connectivity index (χ3v) is 3.16. The highest BCUT2D eigenvalue weighted by Gasteiger charge is 2.56. The first kappa shape index (κ1) is 7.12. The third-order valence-electron chi connectivity index (χ3n) is 3.16. The fourth-order valence-corrected chi connectivity index (χ4v) is 2.40. The van der Waals surface area contributed by atoms with Gasteiger partial charge in [-0.05, 0) is 33.1 Å². The van der Waals surface area contributed by atoms with E-state index in [1.807, 2.05) is 0 Å². The summed E-state index contributed by atoms with van der Waals surface area (Å²) in [4.78, 5) is 0. The van der Waals surface area contributed by atoms with Gasteiger partial charge < -0.3 is 4.74 Å². The first-order valence-corrected chi connectivity index (χ1v) is 4.18. The van der Waals surface area contributed by atoms with E-state index in [0.717, 1.165) is 19.3 Å². The van der Waals surface area contributed by atoms with Crippen LogP contribution in [-0.4, -0.2) is 11.2 Å². The number of nitriles is 1. The molecule has 3 atom stereocenters. The molecule has 0 radical (unpaired) electrons. The Balaban J connectivity index is 2.30. The van der Waals surface area contributed by atoms with Crippen molar-refractivity contribution < 1.29 is 4.74 Å². The molecule has 2 fully saturated rings. The van der Waals surface area contributed by atoms with Gasteiger partial charge in [-0.3, -0.25) is 0 Å². The number of ether oxygens (including phenoxy) is 1. The summed E-state index contributed by atoms with van der Waals surface area (Å²) < 4.78 is 5.83. The number of nitrogens with zero attached hydrogens (tertiary/aromatic N) is 1. The summed E-state index contributed by atoms with van der Waals surface area (Å²) in [6.45, 7) is 4.19. The summed E-state index contributed by atoms with van der Waals surface area (Å²) in [5.41, 5.74) is -0.0986. The predicted molar refractivity (Wildman–Crippen MR) is 40.8 cm³/mol. The van der Waals surface area contributed by atoms with Crippen LogP contribution >= 0.6 is 0 Å². The monoisotopic (exact) mass is 151 g/mol. The molecule has 0 saturated carbocycles. The van der Waals surface area contributed by atoms with Gasteiger partial charge in [0, 0.05) is 0 Å². The van der Waals surface area contributed by atoms with Gasteiger partial charge in [-0.15, -0.1) is 0 Å². The van der Waals surface area contributed by atoms with Gasteiger partial charge in [0.05, 0.1) is 23.2 Å². The van der Waals surface area contributed by atoms with Crippen LogP contribution in [0.15, 0.2) is 0 Å². The van der Waals surface area contributed by atoms with Crippen molar-refractivity contribution in [2.45, 2.75) is 44.3 Å². The van der Waals surface area contributed by atoms with Crippen LogP contribution < -0.4 is 0 Å². The van der Waals surface area contributed by atoms with Crippen LogP contribution in [-0.2, 0) is 4.74 Å². The van der Waals surface area contributed by atoms with Crippen molar-refractivity contribution in [1.29, 1.82) is 5.26 Å². The Morgan fingerprint density at radius 2 is 2.18 bits per heavy atom. The first-order chi connectivity index (χ1) is 5.08. The SMILES string of the molecule is C[C@]12CC[C@](C)(O1)[C@H](C#N)C2. The van der Waals surface area contributed by atoms with Crippen molar-refractivity contribution in [2.24, 2.45) is 5.92 Å². The molecule has 2 heteroatoms. The Bertz CT molecular complexity index is 232. The molecule has 0 unspecified atom stereocenters. The summed E-state index contributed by atoms with van der Waals surface area (Å²) in [6, 6.07) is 2.34. The van der Waals surface area contributed by atoms with E-state index in [0.29, 0.717) is 0 Å². The van der Waals surface area contributed by atoms with Gasteiger partial charge in [0.2, 0.25) is 0 Å². The van der Waals surface area contributed by atoms with Gasteiger partial charge in [0.1, 0.15) is 0 Å². The minimum atomic E-state index is -0.122. The molecule has 2 nitrogen and oxygen atoms in total. The first-order valence-electron chi connectivity index (χ1n) is 4.18. The zero-order chi connectivity index (χ0) is 8.11. The Labute approximate surface area is 67.2 Å². The number of fused-ring (bicyclic) bond motifs is 2. The van der Waals surface area contributed by atoms with E-state index >= 15 is 0 Å². The van der Waals surface area contributed by atoms with E-state index < -0.39 is 0 Å². The van der Waals surface area contributed by atoms with E-state index in [1.54, 1.807) is 0 Å². The Hall–Kier alpha value is -0.550. The summed E-state index contributed by atoms with van der Waals surface area (Å²) in [5, 5.41) is 8.84. The fraction of sp³-hybridized carbons (Fsp3) is 0.889. The average Bonchev–Trinajstić information content (AvgIpc) is 2.36. The second-order valence-electron chi connectivity index (χ2n) is 4.25. The minimum absolute atomic E-state index is 0.0230. The Morgan fingerprint density at radius 1 is 1.45 bits per heavy atom. The summed E-state index contributed by atoms with van der Waals surface area (Å²) in [7, 11) is 0. The second kappa shape index (κ2) is 1.78. The van der Waals surface area contributed by atoms with Gasteiger partial charge in [0.25, 0.3) is 0 Å². The van der Waals surface area contributed by atoms with E-state index in [1.165, 1.54) is 0 Å². The van der Waals surface area contributed by atoms with Crippen LogP contribution in [0.25, 0.3) is 0 Å². The molecule has 2 bridgehead atoms. The maximum Gasteiger partial charge on any atom is 0.0821 e. The quantitative estimate of drug-likeness (QED) is 0.529. The van der Waals surface area contributed by atoms with E-state index in [-0.39, 0.29) is 17.1 Å². The zero-order valence-corrected chi connectivity index (χ0v) is 7.05. The normalized spacial score (nSPS) is 54.5. The zero-order valence-electron chi connectivity index (χ0n) is 7.05. The van der Waals surface area contributed by atoms with Gasteiger partial charge in [-0.1, -0.05) is 0 Å². The van der Waals surface area contributed by atoms with Gasteiger partial charge >= 0.3 is 0 Å². The molecule has 11 heavy (non-hydrogen) atoms. The lowest BCUT2D eigenvalue weighted by Gasteiger charge is -2.22. The van der Waals surface area contributed by atoms with Crippen molar-refractivity contribution in [3.63, 3.8) is 0 Å².